The van der Waals surface area contributed by atoms with Crippen molar-refractivity contribution < 1.29 is 14.5 Å². The molecule has 1 unspecified atom stereocenters. The minimum absolute atomic E-state index is 0.00354. The fraction of sp³-hybridized carbons (Fsp3) is 0.440. The molecule has 9 nitrogen and oxygen atoms in total. The summed E-state index contributed by atoms with van der Waals surface area (Å²) in [5.74, 6) is -0.358. The number of nitrogens with zero attached hydrogens (tertiary/aromatic N) is 4. The van der Waals surface area contributed by atoms with Crippen molar-refractivity contribution in [1.29, 1.82) is 0 Å². The van der Waals surface area contributed by atoms with Gasteiger partial charge in [0.2, 0.25) is 5.91 Å². The summed E-state index contributed by atoms with van der Waals surface area (Å²) in [6.45, 7) is 5.82. The van der Waals surface area contributed by atoms with Crippen LogP contribution in [0, 0.1) is 10.1 Å². The van der Waals surface area contributed by atoms with Gasteiger partial charge in [-0.15, -0.1) is 0 Å². The molecule has 2 aromatic rings. The molecule has 0 aliphatic carbocycles. The summed E-state index contributed by atoms with van der Waals surface area (Å²) in [4.78, 5) is 41.9. The fourth-order valence-corrected chi connectivity index (χ4v) is 5.06. The second kappa shape index (κ2) is 11.0. The van der Waals surface area contributed by atoms with E-state index in [1.54, 1.807) is 17.0 Å². The number of nitro groups is 1. The molecule has 4 rings (SSSR count). The Labute approximate surface area is 209 Å². The topological polar surface area (TPSA) is 99.0 Å². The van der Waals surface area contributed by atoms with Gasteiger partial charge in [0.15, 0.2) is 0 Å². The number of nitro benzene ring substituents is 1. The highest BCUT2D eigenvalue weighted by atomic mass is 35.5. The highest BCUT2D eigenvalue weighted by Crippen LogP contribution is 2.31. The lowest BCUT2D eigenvalue weighted by atomic mass is 10.0. The van der Waals surface area contributed by atoms with Gasteiger partial charge in [-0.05, 0) is 55.8 Å². The van der Waals surface area contributed by atoms with Crippen molar-refractivity contribution in [3.8, 4) is 0 Å². The zero-order chi connectivity index (χ0) is 24.9. The highest BCUT2D eigenvalue weighted by molar-refractivity contribution is 6.30. The zero-order valence-electron chi connectivity index (χ0n) is 19.8. The smallest absolute Gasteiger partial charge is 0.293 e. The van der Waals surface area contributed by atoms with Crippen molar-refractivity contribution in [2.75, 3.05) is 50.7 Å². The van der Waals surface area contributed by atoms with E-state index in [2.05, 4.69) is 10.2 Å². The minimum atomic E-state index is -0.456. The van der Waals surface area contributed by atoms with Crippen molar-refractivity contribution in [1.82, 2.24) is 15.1 Å². The van der Waals surface area contributed by atoms with Gasteiger partial charge < -0.3 is 15.1 Å². The summed E-state index contributed by atoms with van der Waals surface area (Å²) < 4.78 is 0. The second-order valence-corrected chi connectivity index (χ2v) is 9.41. The molecule has 0 spiro atoms. The third-order valence-corrected chi connectivity index (χ3v) is 7.01. The lowest BCUT2D eigenvalue weighted by Crippen LogP contribution is -2.48. The number of likely N-dealkylation sites (tertiary alicyclic amines) is 1. The molecule has 2 amide bonds. The van der Waals surface area contributed by atoms with E-state index in [1.165, 1.54) is 13.0 Å². The maximum Gasteiger partial charge on any atom is 0.293 e. The quantitative estimate of drug-likeness (QED) is 0.462. The predicted octanol–water partition coefficient (Wildman–Crippen LogP) is 3.48. The monoisotopic (exact) mass is 499 g/mol. The summed E-state index contributed by atoms with van der Waals surface area (Å²) >= 11 is 6.21. The Kier molecular flexibility index (Phi) is 7.87. The number of nitrogens with one attached hydrogen (secondary N) is 1. The molecule has 0 bridgehead atoms. The normalized spacial score (nSPS) is 17.3. The number of rotatable bonds is 7. The Morgan fingerprint density at radius 2 is 1.77 bits per heavy atom. The molecule has 1 atom stereocenters. The molecule has 0 aromatic heterocycles. The van der Waals surface area contributed by atoms with Crippen LogP contribution in [-0.2, 0) is 4.79 Å². The molecule has 0 saturated carbocycles. The standard InChI is InChI=1S/C25H30ClN5O4/c1-18(32)28-11-13-30(14-12-28)22-8-7-20(16-23(22)31(34)35)25(33)27-17-24(29-9-2-3-10-29)19-5-4-6-21(26)15-19/h4-8,15-16,24H,2-3,9-14,17H2,1H3,(H,27,33). The molecule has 35 heavy (non-hydrogen) atoms. The Morgan fingerprint density at radius 3 is 2.40 bits per heavy atom. The molecule has 2 fully saturated rings. The first kappa shape index (κ1) is 24.9. The number of benzene rings is 2. The summed E-state index contributed by atoms with van der Waals surface area (Å²) in [6, 6.07) is 12.2. The average molecular weight is 500 g/mol. The third-order valence-electron chi connectivity index (χ3n) is 6.77. The largest absolute Gasteiger partial charge is 0.362 e. The Hall–Kier alpha value is -3.17. The molecule has 2 aliphatic heterocycles. The van der Waals surface area contributed by atoms with Crippen LogP contribution in [0.15, 0.2) is 42.5 Å². The van der Waals surface area contributed by atoms with Crippen LogP contribution in [-0.4, -0.2) is 72.4 Å². The molecule has 1 N–H and O–H groups in total. The minimum Gasteiger partial charge on any atom is -0.362 e. The van der Waals surface area contributed by atoms with E-state index in [4.69, 9.17) is 11.6 Å². The molecule has 186 valence electrons. The van der Waals surface area contributed by atoms with Gasteiger partial charge in [-0.2, -0.15) is 0 Å². The van der Waals surface area contributed by atoms with Crippen molar-refractivity contribution in [3.63, 3.8) is 0 Å². The van der Waals surface area contributed by atoms with Crippen LogP contribution in [0.2, 0.25) is 5.02 Å². The summed E-state index contributed by atoms with van der Waals surface area (Å²) in [5, 5.41) is 15.5. The second-order valence-electron chi connectivity index (χ2n) is 8.98. The van der Waals surface area contributed by atoms with E-state index in [1.807, 2.05) is 29.2 Å². The van der Waals surface area contributed by atoms with E-state index in [0.29, 0.717) is 43.4 Å². The summed E-state index contributed by atoms with van der Waals surface area (Å²) in [7, 11) is 0. The van der Waals surface area contributed by atoms with E-state index in [0.717, 1.165) is 31.5 Å². The van der Waals surface area contributed by atoms with Gasteiger partial charge in [0, 0.05) is 56.3 Å². The van der Waals surface area contributed by atoms with Gasteiger partial charge in [0.25, 0.3) is 11.6 Å². The summed E-state index contributed by atoms with van der Waals surface area (Å²) in [6.07, 6.45) is 2.22. The first-order valence-corrected chi connectivity index (χ1v) is 12.3. The van der Waals surface area contributed by atoms with Crippen LogP contribution < -0.4 is 10.2 Å². The molecule has 2 aliphatic rings. The van der Waals surface area contributed by atoms with Gasteiger partial charge in [-0.3, -0.25) is 24.6 Å². The van der Waals surface area contributed by atoms with Gasteiger partial charge in [0.1, 0.15) is 5.69 Å². The number of carbonyl (C=O) groups excluding carboxylic acids is 2. The molecular weight excluding hydrogens is 470 g/mol. The first-order chi connectivity index (χ1) is 16.8. The summed E-state index contributed by atoms with van der Waals surface area (Å²) in [5.41, 5.74) is 1.63. The SMILES string of the molecule is CC(=O)N1CCN(c2ccc(C(=O)NCC(c3cccc(Cl)c3)N3CCCC3)cc2[N+](=O)[O-])CC1. The van der Waals surface area contributed by atoms with Gasteiger partial charge in [-0.1, -0.05) is 23.7 Å². The number of carbonyl (C=O) groups is 2. The van der Waals surface area contributed by atoms with Crippen LogP contribution in [0.5, 0.6) is 0 Å². The first-order valence-electron chi connectivity index (χ1n) is 11.9. The molecule has 2 heterocycles. The molecule has 2 saturated heterocycles. The lowest BCUT2D eigenvalue weighted by Gasteiger charge is -2.35. The fourth-order valence-electron chi connectivity index (χ4n) is 4.86. The zero-order valence-corrected chi connectivity index (χ0v) is 20.5. The van der Waals surface area contributed by atoms with Crippen LogP contribution >= 0.6 is 11.6 Å². The average Bonchev–Trinajstić information content (AvgIpc) is 3.38. The lowest BCUT2D eigenvalue weighted by molar-refractivity contribution is -0.384. The number of hydrogen-bond donors (Lipinski definition) is 1. The van der Waals surface area contributed by atoms with Gasteiger partial charge in [0.05, 0.1) is 11.0 Å². The Balaban J connectivity index is 1.48. The van der Waals surface area contributed by atoms with Gasteiger partial charge >= 0.3 is 0 Å². The molecule has 0 radical (unpaired) electrons. The number of amides is 2. The number of anilines is 1. The van der Waals surface area contributed by atoms with E-state index in [-0.39, 0.29) is 29.1 Å². The Morgan fingerprint density at radius 1 is 1.06 bits per heavy atom. The Bertz CT molecular complexity index is 1100. The van der Waals surface area contributed by atoms with E-state index in [9.17, 15) is 19.7 Å². The third kappa shape index (κ3) is 5.91. The van der Waals surface area contributed by atoms with Crippen LogP contribution in [0.4, 0.5) is 11.4 Å². The van der Waals surface area contributed by atoms with E-state index < -0.39 is 4.92 Å². The van der Waals surface area contributed by atoms with Gasteiger partial charge in [-0.25, -0.2) is 0 Å². The highest BCUT2D eigenvalue weighted by Gasteiger charge is 2.27. The molecule has 2 aromatic carbocycles. The maximum absolute atomic E-state index is 13.0. The van der Waals surface area contributed by atoms with Crippen LogP contribution in [0.1, 0.15) is 41.7 Å². The van der Waals surface area contributed by atoms with Crippen LogP contribution in [0.25, 0.3) is 0 Å². The van der Waals surface area contributed by atoms with Crippen molar-refractivity contribution >= 4 is 34.8 Å². The number of hydrogen-bond acceptors (Lipinski definition) is 6. The molecular formula is C25H30ClN5O4. The number of halogens is 1. The van der Waals surface area contributed by atoms with Crippen molar-refractivity contribution in [3.05, 3.63) is 68.7 Å². The van der Waals surface area contributed by atoms with Crippen molar-refractivity contribution in [2.24, 2.45) is 0 Å². The van der Waals surface area contributed by atoms with Crippen molar-refractivity contribution in [2.45, 2.75) is 25.8 Å². The van der Waals surface area contributed by atoms with Crippen LogP contribution in [0.3, 0.4) is 0 Å². The predicted molar refractivity (Wildman–Crippen MR) is 135 cm³/mol. The van der Waals surface area contributed by atoms with E-state index >= 15 is 0 Å². The number of piperazine rings is 1. The molecule has 10 heteroatoms. The maximum atomic E-state index is 13.0.